The van der Waals surface area contributed by atoms with Crippen LogP contribution in [0.15, 0.2) is 66.7 Å². The van der Waals surface area contributed by atoms with Gasteiger partial charge in [-0.05, 0) is 37.0 Å². The zero-order valence-electron chi connectivity index (χ0n) is 12.9. The maximum Gasteiger partial charge on any atom is 0.149 e. The molecule has 0 saturated carbocycles. The predicted molar refractivity (Wildman–Crippen MR) is 90.0 cm³/mol. The minimum Gasteiger partial charge on any atom is -0.357 e. The Morgan fingerprint density at radius 3 is 2.73 bits per heavy atom. The number of allylic oxidation sites excluding steroid dienone is 1. The number of benzene rings is 2. The first-order chi connectivity index (χ1) is 10.7. The number of nitrogens with one attached hydrogen (secondary N) is 1. The lowest BCUT2D eigenvalue weighted by molar-refractivity contribution is 0.0251. The maximum absolute atomic E-state index is 6.09. The van der Waals surface area contributed by atoms with E-state index in [1.807, 2.05) is 0 Å². The lowest BCUT2D eigenvalue weighted by Gasteiger charge is -2.34. The topological polar surface area (TPSA) is 21.3 Å². The van der Waals surface area contributed by atoms with Crippen LogP contribution in [0.5, 0.6) is 0 Å². The molecule has 2 heteroatoms. The molecule has 0 amide bonds. The first-order valence-corrected chi connectivity index (χ1v) is 7.97. The highest BCUT2D eigenvalue weighted by Gasteiger charge is 2.57. The number of para-hydroxylation sites is 1. The summed E-state index contributed by atoms with van der Waals surface area (Å²) in [4.78, 5) is 0. The highest BCUT2D eigenvalue weighted by molar-refractivity contribution is 5.66. The second-order valence-corrected chi connectivity index (χ2v) is 6.37. The van der Waals surface area contributed by atoms with Crippen LogP contribution in [0.25, 0.3) is 0 Å². The van der Waals surface area contributed by atoms with Crippen molar-refractivity contribution >= 4 is 5.69 Å². The molecule has 0 unspecified atom stereocenters. The average molecular weight is 291 g/mol. The Balaban J connectivity index is 1.68. The Morgan fingerprint density at radius 2 is 1.86 bits per heavy atom. The third kappa shape index (κ3) is 1.91. The molecular formula is C20H21NO. The zero-order valence-corrected chi connectivity index (χ0v) is 12.9. The first-order valence-electron chi connectivity index (χ1n) is 7.97. The zero-order chi connectivity index (χ0) is 15.0. The Kier molecular flexibility index (Phi) is 3.08. The highest BCUT2D eigenvalue weighted by atomic mass is 16.5. The number of anilines is 1. The van der Waals surface area contributed by atoms with Gasteiger partial charge >= 0.3 is 0 Å². The van der Waals surface area contributed by atoms with Crippen LogP contribution in [0, 0.1) is 0 Å². The number of fused-ring (bicyclic) bond motifs is 3. The van der Waals surface area contributed by atoms with E-state index in [0.29, 0.717) is 0 Å². The van der Waals surface area contributed by atoms with Crippen molar-refractivity contribution in [3.8, 4) is 0 Å². The van der Waals surface area contributed by atoms with Crippen molar-refractivity contribution in [3.05, 3.63) is 77.9 Å². The highest BCUT2D eigenvalue weighted by Crippen LogP contribution is 2.54. The quantitative estimate of drug-likeness (QED) is 0.852. The SMILES string of the molecule is C[C@@]12Nc3ccccc3[C@]1(/C=C/Cc1ccccc1)CCO2. The lowest BCUT2D eigenvalue weighted by atomic mass is 9.73. The van der Waals surface area contributed by atoms with E-state index in [9.17, 15) is 0 Å². The van der Waals surface area contributed by atoms with Crippen molar-refractivity contribution in [1.29, 1.82) is 0 Å². The van der Waals surface area contributed by atoms with Gasteiger partial charge in [0.05, 0.1) is 12.0 Å². The molecule has 1 fully saturated rings. The molecule has 2 aromatic rings. The lowest BCUT2D eigenvalue weighted by Crippen LogP contribution is -2.45. The average Bonchev–Trinajstić information content (AvgIpc) is 2.97. The molecule has 2 heterocycles. The largest absolute Gasteiger partial charge is 0.357 e. The molecule has 22 heavy (non-hydrogen) atoms. The van der Waals surface area contributed by atoms with E-state index < -0.39 is 0 Å². The van der Waals surface area contributed by atoms with Gasteiger partial charge in [-0.25, -0.2) is 0 Å². The van der Waals surface area contributed by atoms with E-state index in [-0.39, 0.29) is 11.1 Å². The summed E-state index contributed by atoms with van der Waals surface area (Å²) in [5.41, 5.74) is 3.52. The van der Waals surface area contributed by atoms with Crippen molar-refractivity contribution in [1.82, 2.24) is 0 Å². The van der Waals surface area contributed by atoms with Gasteiger partial charge < -0.3 is 10.1 Å². The van der Waals surface area contributed by atoms with E-state index >= 15 is 0 Å². The molecule has 2 aromatic carbocycles. The standard InChI is InChI=1S/C20H21NO/c1-19-20(14-15-22-19,17-11-5-6-12-18(17)21-19)13-7-10-16-8-3-2-4-9-16/h2-9,11-13,21H,10,14-15H2,1H3/b13-7+/t19-,20-/m0/s1. The van der Waals surface area contributed by atoms with Crippen molar-refractivity contribution in [3.63, 3.8) is 0 Å². The fourth-order valence-electron chi connectivity index (χ4n) is 3.90. The van der Waals surface area contributed by atoms with Crippen LogP contribution in [-0.2, 0) is 16.6 Å². The Bertz CT molecular complexity index is 709. The Morgan fingerprint density at radius 1 is 1.09 bits per heavy atom. The molecule has 1 saturated heterocycles. The van der Waals surface area contributed by atoms with Gasteiger partial charge in [-0.1, -0.05) is 60.7 Å². The number of hydrogen-bond acceptors (Lipinski definition) is 2. The van der Waals surface area contributed by atoms with Crippen LogP contribution in [-0.4, -0.2) is 12.3 Å². The van der Waals surface area contributed by atoms with Crippen LogP contribution < -0.4 is 5.32 Å². The molecule has 0 aromatic heterocycles. The predicted octanol–water partition coefficient (Wildman–Crippen LogP) is 4.29. The molecule has 0 spiro atoms. The van der Waals surface area contributed by atoms with Crippen molar-refractivity contribution in [2.75, 3.05) is 11.9 Å². The van der Waals surface area contributed by atoms with Crippen LogP contribution >= 0.6 is 0 Å². The van der Waals surface area contributed by atoms with E-state index in [4.69, 9.17) is 4.74 Å². The van der Waals surface area contributed by atoms with Gasteiger partial charge in [0, 0.05) is 5.69 Å². The number of ether oxygens (including phenoxy) is 1. The summed E-state index contributed by atoms with van der Waals surface area (Å²) in [5, 5.41) is 3.59. The van der Waals surface area contributed by atoms with E-state index in [0.717, 1.165) is 19.4 Å². The monoisotopic (exact) mass is 291 g/mol. The smallest absolute Gasteiger partial charge is 0.149 e. The van der Waals surface area contributed by atoms with Crippen LogP contribution in [0.2, 0.25) is 0 Å². The molecule has 1 N–H and O–H groups in total. The molecule has 2 atom stereocenters. The molecule has 2 aliphatic rings. The Hall–Kier alpha value is -2.06. The molecule has 112 valence electrons. The summed E-state index contributed by atoms with van der Waals surface area (Å²) in [7, 11) is 0. The fraction of sp³-hybridized carbons (Fsp3) is 0.300. The van der Waals surface area contributed by atoms with Gasteiger partial charge in [-0.2, -0.15) is 0 Å². The molecule has 2 aliphatic heterocycles. The molecule has 2 nitrogen and oxygen atoms in total. The summed E-state index contributed by atoms with van der Waals surface area (Å²) in [5.74, 6) is 0. The first kappa shape index (κ1) is 13.6. The molecule has 0 radical (unpaired) electrons. The van der Waals surface area contributed by atoms with Crippen molar-refractivity contribution in [2.45, 2.75) is 30.9 Å². The summed E-state index contributed by atoms with van der Waals surface area (Å²) in [6.45, 7) is 2.97. The van der Waals surface area contributed by atoms with Crippen LogP contribution in [0.1, 0.15) is 24.5 Å². The second kappa shape index (κ2) is 4.99. The van der Waals surface area contributed by atoms with E-state index in [1.54, 1.807) is 0 Å². The van der Waals surface area contributed by atoms with Gasteiger partial charge in [0.25, 0.3) is 0 Å². The second-order valence-electron chi connectivity index (χ2n) is 6.37. The van der Waals surface area contributed by atoms with Gasteiger partial charge in [0.1, 0.15) is 5.72 Å². The maximum atomic E-state index is 6.09. The van der Waals surface area contributed by atoms with Crippen LogP contribution in [0.3, 0.4) is 0 Å². The van der Waals surface area contributed by atoms with Gasteiger partial charge in [-0.3, -0.25) is 0 Å². The minimum absolute atomic E-state index is 0.0572. The summed E-state index contributed by atoms with van der Waals surface area (Å²) in [6, 6.07) is 19.2. The number of rotatable bonds is 3. The van der Waals surface area contributed by atoms with Gasteiger partial charge in [0.15, 0.2) is 0 Å². The van der Waals surface area contributed by atoms with Crippen LogP contribution in [0.4, 0.5) is 5.69 Å². The fourth-order valence-corrected chi connectivity index (χ4v) is 3.90. The number of hydrogen-bond donors (Lipinski definition) is 1. The van der Waals surface area contributed by atoms with E-state index in [2.05, 4.69) is 79.0 Å². The Labute approximate surface area is 131 Å². The third-order valence-corrected chi connectivity index (χ3v) is 5.12. The van der Waals surface area contributed by atoms with Gasteiger partial charge in [0.2, 0.25) is 0 Å². The molecule has 0 aliphatic carbocycles. The van der Waals surface area contributed by atoms with Crippen molar-refractivity contribution in [2.24, 2.45) is 0 Å². The minimum atomic E-state index is -0.329. The normalized spacial score (nSPS) is 29.3. The molecule has 4 rings (SSSR count). The summed E-state index contributed by atoms with van der Waals surface area (Å²) < 4.78 is 6.09. The third-order valence-electron chi connectivity index (χ3n) is 5.12. The van der Waals surface area contributed by atoms with Gasteiger partial charge in [-0.15, -0.1) is 0 Å². The van der Waals surface area contributed by atoms with Crippen molar-refractivity contribution < 1.29 is 4.74 Å². The molecule has 0 bridgehead atoms. The summed E-state index contributed by atoms with van der Waals surface area (Å²) >= 11 is 0. The summed E-state index contributed by atoms with van der Waals surface area (Å²) in [6.07, 6.45) is 6.65. The molecular weight excluding hydrogens is 270 g/mol. The van der Waals surface area contributed by atoms with E-state index in [1.165, 1.54) is 16.8 Å².